The van der Waals surface area contributed by atoms with Crippen molar-refractivity contribution in [3.05, 3.63) is 157 Å². The molecule has 0 atom stereocenters. The number of imidazole rings is 2. The number of halogens is 2. The Bertz CT molecular complexity index is 3470. The monoisotopic (exact) mass is 1340 g/mol. The summed E-state index contributed by atoms with van der Waals surface area (Å²) in [6.07, 6.45) is 17.0. The molecule has 0 unspecified atom stereocenters. The summed E-state index contributed by atoms with van der Waals surface area (Å²) < 4.78 is 31.2. The van der Waals surface area contributed by atoms with Gasteiger partial charge in [0.15, 0.2) is 11.3 Å². The summed E-state index contributed by atoms with van der Waals surface area (Å²) in [5.74, 6) is -14.0. The third-order valence-electron chi connectivity index (χ3n) is 13.5. The minimum absolute atomic E-state index is 0.214. The number of pyridine rings is 2. The van der Waals surface area contributed by atoms with Crippen molar-refractivity contribution >= 4 is 93.9 Å². The van der Waals surface area contributed by atoms with Crippen LogP contribution in [0, 0.1) is 23.5 Å². The number of anilines is 2. The van der Waals surface area contributed by atoms with E-state index in [4.69, 9.17) is 109 Å². The van der Waals surface area contributed by atoms with Crippen molar-refractivity contribution in [3.8, 4) is 0 Å². The van der Waals surface area contributed by atoms with Gasteiger partial charge in [0.25, 0.3) is 0 Å². The van der Waals surface area contributed by atoms with Gasteiger partial charge in [-0.25, -0.2) is 96.6 Å². The maximum Gasteiger partial charge on any atom is 0.414 e. The fraction of sp³-hybridized carbons (Fsp3) is 0.300. The maximum atomic E-state index is 13.4. The highest BCUT2D eigenvalue weighted by molar-refractivity contribution is 6.29. The number of carbonyl (C=O) groups is 10. The highest BCUT2D eigenvalue weighted by Crippen LogP contribution is 2.27. The fourth-order valence-electron chi connectivity index (χ4n) is 9.00. The summed E-state index contributed by atoms with van der Waals surface area (Å²) >= 11 is 0. The second-order valence-corrected chi connectivity index (χ2v) is 20.2. The van der Waals surface area contributed by atoms with Crippen LogP contribution in [0.25, 0.3) is 22.3 Å². The normalized spacial score (nSPS) is 12.7. The molecule has 0 bridgehead atoms. The molecule has 0 saturated carbocycles. The number of hydrogen-bond donors (Lipinski definition) is 12. The molecule has 12 N–H and O–H groups in total. The highest BCUT2D eigenvalue weighted by Gasteiger charge is 2.25. The standard InChI is InChI=1S/2C25H28FN7.5C2H2O4/c2*26-21-6-4-20(5-7-21)18-33-22-3-1-10-27-24(22)31-23(33)17-19-8-14-32(15-9-19)16-13-30-25-28-11-2-12-29-25;5*3-1(4)2(5)6/h2*1-7,10-12,19H,8-9,13-18H2,(H,28,29,30);5*(H,3,4)(H,5,6). The molecule has 2 aliphatic heterocycles. The molecular formula is C60H66F2N14O20. The largest absolute Gasteiger partial charge is 0.473 e. The average Bonchev–Trinajstić information content (AvgIpc) is 1.71. The van der Waals surface area contributed by atoms with Crippen LogP contribution in [0.1, 0.15) is 48.5 Å². The number of nitrogens with one attached hydrogen (secondary N) is 2. The molecule has 2 aliphatic rings. The third-order valence-corrected chi connectivity index (χ3v) is 13.5. The van der Waals surface area contributed by atoms with E-state index in [2.05, 4.69) is 71.6 Å². The van der Waals surface area contributed by atoms with Crippen LogP contribution in [0.4, 0.5) is 20.7 Å². The summed E-state index contributed by atoms with van der Waals surface area (Å²) in [5, 5.41) is 80.5. The Balaban J connectivity index is 0.000000288. The molecule has 2 aromatic carbocycles. The number of piperidine rings is 2. The van der Waals surface area contributed by atoms with Crippen LogP contribution in [0.15, 0.2) is 122 Å². The zero-order chi connectivity index (χ0) is 70.7. The van der Waals surface area contributed by atoms with E-state index in [9.17, 15) is 8.78 Å². The van der Waals surface area contributed by atoms with Gasteiger partial charge in [0, 0.05) is 89.3 Å². The molecule has 96 heavy (non-hydrogen) atoms. The summed E-state index contributed by atoms with van der Waals surface area (Å²) in [6.45, 7) is 9.32. The molecule has 8 aromatic rings. The number of aromatic nitrogens is 10. The Kier molecular flexibility index (Phi) is 31.8. The topological polar surface area (TPSA) is 517 Å². The van der Waals surface area contributed by atoms with Crippen LogP contribution in [-0.4, -0.2) is 222 Å². The molecule has 2 fully saturated rings. The molecule has 0 spiro atoms. The molecule has 0 aliphatic carbocycles. The number of aliphatic carboxylic acids is 10. The van der Waals surface area contributed by atoms with Gasteiger partial charge in [0.1, 0.15) is 23.3 Å². The minimum atomic E-state index is -1.82. The van der Waals surface area contributed by atoms with Crippen molar-refractivity contribution in [2.45, 2.75) is 51.6 Å². The Morgan fingerprint density at radius 2 is 0.656 bits per heavy atom. The van der Waals surface area contributed by atoms with E-state index in [1.807, 2.05) is 48.5 Å². The number of nitrogens with zero attached hydrogens (tertiary/aromatic N) is 12. The van der Waals surface area contributed by atoms with E-state index in [0.717, 1.165) is 136 Å². The van der Waals surface area contributed by atoms with E-state index < -0.39 is 59.7 Å². The van der Waals surface area contributed by atoms with Crippen LogP contribution in [0.2, 0.25) is 0 Å². The number of benzene rings is 2. The maximum absolute atomic E-state index is 13.4. The predicted octanol–water partition coefficient (Wildman–Crippen LogP) is 3.33. The molecule has 2 saturated heterocycles. The van der Waals surface area contributed by atoms with Crippen molar-refractivity contribution in [3.63, 3.8) is 0 Å². The molecule has 510 valence electrons. The number of hydrogen-bond acceptors (Lipinski definition) is 22. The summed E-state index contributed by atoms with van der Waals surface area (Å²) in [5.41, 5.74) is 5.74. The van der Waals surface area contributed by atoms with Gasteiger partial charge in [-0.1, -0.05) is 24.3 Å². The van der Waals surface area contributed by atoms with Gasteiger partial charge < -0.3 is 80.6 Å². The predicted molar refractivity (Wildman–Crippen MR) is 329 cm³/mol. The lowest BCUT2D eigenvalue weighted by atomic mass is 9.93. The zero-order valence-electron chi connectivity index (χ0n) is 50.7. The van der Waals surface area contributed by atoms with Crippen LogP contribution < -0.4 is 10.6 Å². The van der Waals surface area contributed by atoms with Crippen molar-refractivity contribution in [1.82, 2.24) is 58.8 Å². The first-order chi connectivity index (χ1) is 45.7. The Hall–Kier alpha value is -12.1. The first-order valence-electron chi connectivity index (χ1n) is 28.6. The van der Waals surface area contributed by atoms with Crippen LogP contribution in [0.3, 0.4) is 0 Å². The van der Waals surface area contributed by atoms with Gasteiger partial charge in [0.2, 0.25) is 11.9 Å². The van der Waals surface area contributed by atoms with Gasteiger partial charge in [0.05, 0.1) is 11.0 Å². The quantitative estimate of drug-likeness (QED) is 0.0617. The van der Waals surface area contributed by atoms with E-state index in [1.54, 1.807) is 37.2 Å². The number of carboxylic acids is 10. The first-order valence-corrected chi connectivity index (χ1v) is 28.6. The van der Waals surface area contributed by atoms with Gasteiger partial charge in [-0.3, -0.25) is 0 Å². The van der Waals surface area contributed by atoms with Crippen molar-refractivity contribution in [2.75, 3.05) is 63.0 Å². The van der Waals surface area contributed by atoms with E-state index in [1.165, 1.54) is 24.3 Å². The first kappa shape index (κ1) is 76.4. The van der Waals surface area contributed by atoms with Gasteiger partial charge in [-0.05, 0) is 135 Å². The molecule has 36 heteroatoms. The van der Waals surface area contributed by atoms with Gasteiger partial charge in [-0.2, -0.15) is 0 Å². The van der Waals surface area contributed by atoms with Gasteiger partial charge in [-0.15, -0.1) is 0 Å². The SMILES string of the molecule is Fc1ccc(Cn2c(CC3CCN(CCNc4ncccn4)CC3)nc3ncccc32)cc1.Fc1ccc(Cn2c(CC3CCN(CCNc4ncccn4)CC3)nc3ncccc32)cc1.O=C(O)C(=O)O.O=C(O)C(=O)O.O=C(O)C(=O)O.O=C(O)C(=O)O.O=C(O)C(=O)O. The lowest BCUT2D eigenvalue weighted by molar-refractivity contribution is -0.159. The van der Waals surface area contributed by atoms with Crippen molar-refractivity contribution in [2.24, 2.45) is 11.8 Å². The molecule has 10 rings (SSSR count). The minimum Gasteiger partial charge on any atom is -0.473 e. The lowest BCUT2D eigenvalue weighted by Crippen LogP contribution is -2.37. The van der Waals surface area contributed by atoms with E-state index >= 15 is 0 Å². The van der Waals surface area contributed by atoms with Crippen molar-refractivity contribution in [1.29, 1.82) is 0 Å². The third kappa shape index (κ3) is 28.2. The summed E-state index contributed by atoms with van der Waals surface area (Å²) in [4.78, 5) is 131. The van der Waals surface area contributed by atoms with Crippen molar-refractivity contribution < 1.29 is 108 Å². The average molecular weight is 1340 g/mol. The summed E-state index contributed by atoms with van der Waals surface area (Å²) in [6, 6.07) is 25.1. The fourth-order valence-corrected chi connectivity index (χ4v) is 9.00. The number of carboxylic acid groups (broad SMARTS) is 10. The molecule has 34 nitrogen and oxygen atoms in total. The number of fused-ring (bicyclic) bond motifs is 2. The van der Waals surface area contributed by atoms with E-state index in [0.29, 0.717) is 36.8 Å². The smallest absolute Gasteiger partial charge is 0.414 e. The van der Waals surface area contributed by atoms with Crippen LogP contribution >= 0.6 is 0 Å². The van der Waals surface area contributed by atoms with Crippen LogP contribution in [-0.2, 0) is 73.9 Å². The Labute approximate surface area is 541 Å². The van der Waals surface area contributed by atoms with E-state index in [-0.39, 0.29) is 11.6 Å². The Morgan fingerprint density at radius 1 is 0.385 bits per heavy atom. The molecule has 0 radical (unpaired) electrons. The molecule has 0 amide bonds. The Morgan fingerprint density at radius 3 is 0.927 bits per heavy atom. The second-order valence-electron chi connectivity index (χ2n) is 20.2. The number of rotatable bonds is 16. The molecule has 8 heterocycles. The number of likely N-dealkylation sites (tertiary alicyclic amines) is 2. The second kappa shape index (κ2) is 40.0. The summed E-state index contributed by atoms with van der Waals surface area (Å²) in [7, 11) is 0. The van der Waals surface area contributed by atoms with Gasteiger partial charge >= 0.3 is 59.7 Å². The lowest BCUT2D eigenvalue weighted by Gasteiger charge is -2.31. The van der Waals surface area contributed by atoms with Crippen LogP contribution in [0.5, 0.6) is 0 Å². The highest BCUT2D eigenvalue weighted by atomic mass is 19.1. The zero-order valence-corrected chi connectivity index (χ0v) is 50.7. The molecule has 6 aromatic heterocycles. The molecular weight excluding hydrogens is 1270 g/mol.